The van der Waals surface area contributed by atoms with E-state index in [1.54, 1.807) is 14.2 Å². The van der Waals surface area contributed by atoms with Crippen molar-refractivity contribution in [1.29, 1.82) is 0 Å². The van der Waals surface area contributed by atoms with Gasteiger partial charge in [0.15, 0.2) is 11.5 Å². The topological polar surface area (TPSA) is 27.7 Å². The minimum Gasteiger partial charge on any atom is -0.493 e. The highest BCUT2D eigenvalue weighted by atomic mass is 16.7. The highest BCUT2D eigenvalue weighted by molar-refractivity contribution is 5.68. The summed E-state index contributed by atoms with van der Waals surface area (Å²) in [7, 11) is 3.30. The summed E-state index contributed by atoms with van der Waals surface area (Å²) >= 11 is 0. The minimum absolute atomic E-state index is 0.702. The molecule has 0 saturated heterocycles. The lowest BCUT2D eigenvalue weighted by Gasteiger charge is -2.38. The van der Waals surface area contributed by atoms with Gasteiger partial charge in [0.2, 0.25) is 0 Å². The first-order valence-corrected chi connectivity index (χ1v) is 6.87. The van der Waals surface area contributed by atoms with Crippen molar-refractivity contribution < 1.29 is 14.2 Å². The number of benzene rings is 2. The van der Waals surface area contributed by atoms with Gasteiger partial charge in [0, 0.05) is 23.8 Å². The summed E-state index contributed by atoms with van der Waals surface area (Å²) in [5.74, 6) is 0.494. The molecule has 0 aromatic heterocycles. The van der Waals surface area contributed by atoms with Gasteiger partial charge in [-0.2, -0.15) is 0 Å². The van der Waals surface area contributed by atoms with Crippen LogP contribution in [0.15, 0.2) is 54.1 Å². The largest absolute Gasteiger partial charge is 0.493 e. The van der Waals surface area contributed by atoms with Gasteiger partial charge in [0.25, 0.3) is 5.79 Å². The molecule has 3 heteroatoms. The number of hydrogen-bond acceptors (Lipinski definition) is 3. The molecular weight excluding hydrogens is 264 g/mol. The van der Waals surface area contributed by atoms with E-state index in [-0.39, 0.29) is 0 Å². The maximum absolute atomic E-state index is 6.27. The van der Waals surface area contributed by atoms with E-state index in [4.69, 9.17) is 14.2 Å². The summed E-state index contributed by atoms with van der Waals surface area (Å²) in [6.07, 6.45) is 2.08. The Kier molecular flexibility index (Phi) is 3.43. The van der Waals surface area contributed by atoms with E-state index >= 15 is 0 Å². The minimum atomic E-state index is -0.914. The molecule has 1 aliphatic heterocycles. The van der Waals surface area contributed by atoms with Crippen LogP contribution in [0, 0.1) is 0 Å². The summed E-state index contributed by atoms with van der Waals surface area (Å²) in [4.78, 5) is 0. The molecule has 1 heterocycles. The van der Waals surface area contributed by atoms with E-state index in [1.807, 2.05) is 55.5 Å². The van der Waals surface area contributed by atoms with Gasteiger partial charge in [-0.1, -0.05) is 42.5 Å². The molecule has 108 valence electrons. The fourth-order valence-corrected chi connectivity index (χ4v) is 2.73. The van der Waals surface area contributed by atoms with Crippen LogP contribution in [-0.4, -0.2) is 14.2 Å². The Hall–Kier alpha value is -2.26. The van der Waals surface area contributed by atoms with Gasteiger partial charge in [-0.15, -0.1) is 0 Å². The van der Waals surface area contributed by atoms with Crippen LogP contribution in [0.5, 0.6) is 11.5 Å². The van der Waals surface area contributed by atoms with E-state index in [0.29, 0.717) is 11.5 Å². The molecule has 0 spiro atoms. The highest BCUT2D eigenvalue weighted by Crippen LogP contribution is 2.46. The zero-order valence-electron chi connectivity index (χ0n) is 12.4. The molecule has 2 aromatic carbocycles. The van der Waals surface area contributed by atoms with Crippen molar-refractivity contribution in [2.45, 2.75) is 12.7 Å². The van der Waals surface area contributed by atoms with Crippen molar-refractivity contribution >= 4 is 6.08 Å². The van der Waals surface area contributed by atoms with Crippen LogP contribution in [0.2, 0.25) is 0 Å². The van der Waals surface area contributed by atoms with Gasteiger partial charge < -0.3 is 14.2 Å². The van der Waals surface area contributed by atoms with Crippen LogP contribution >= 0.6 is 0 Å². The Labute approximate surface area is 124 Å². The maximum atomic E-state index is 6.27. The van der Waals surface area contributed by atoms with Gasteiger partial charge in [-0.3, -0.25) is 0 Å². The zero-order chi connectivity index (χ0) is 14.9. The van der Waals surface area contributed by atoms with E-state index < -0.39 is 5.79 Å². The molecule has 2 aromatic rings. The summed E-state index contributed by atoms with van der Waals surface area (Å²) in [5, 5.41) is 0. The molecular formula is C18H18O3. The Balaban J connectivity index is 2.18. The quantitative estimate of drug-likeness (QED) is 0.852. The third-order valence-electron chi connectivity index (χ3n) is 3.81. The molecule has 1 aliphatic rings. The molecule has 3 nitrogen and oxygen atoms in total. The van der Waals surface area contributed by atoms with Crippen molar-refractivity contribution in [1.82, 2.24) is 0 Å². The summed E-state index contributed by atoms with van der Waals surface area (Å²) in [5.41, 5.74) is 2.95. The SMILES string of the molecule is COc1cccc2c1OC(OC)(c1ccccc1)C(C)=C2. The van der Waals surface area contributed by atoms with Crippen LogP contribution in [0.25, 0.3) is 6.08 Å². The van der Waals surface area contributed by atoms with E-state index in [2.05, 4.69) is 6.08 Å². The van der Waals surface area contributed by atoms with Crippen molar-refractivity contribution in [2.75, 3.05) is 14.2 Å². The van der Waals surface area contributed by atoms with E-state index in [9.17, 15) is 0 Å². The van der Waals surface area contributed by atoms with Gasteiger partial charge in [-0.05, 0) is 19.1 Å². The molecule has 3 rings (SSSR count). The monoisotopic (exact) mass is 282 g/mol. The summed E-state index contributed by atoms with van der Waals surface area (Å²) < 4.78 is 17.5. The van der Waals surface area contributed by atoms with Crippen molar-refractivity contribution in [3.8, 4) is 11.5 Å². The molecule has 0 N–H and O–H groups in total. The van der Waals surface area contributed by atoms with Gasteiger partial charge in [0.05, 0.1) is 7.11 Å². The lowest BCUT2D eigenvalue weighted by Crippen LogP contribution is -2.38. The maximum Gasteiger partial charge on any atom is 0.260 e. The fourth-order valence-electron chi connectivity index (χ4n) is 2.73. The number of rotatable bonds is 3. The average molecular weight is 282 g/mol. The second kappa shape index (κ2) is 5.26. The third-order valence-corrected chi connectivity index (χ3v) is 3.81. The first kappa shape index (κ1) is 13.7. The van der Waals surface area contributed by atoms with Crippen LogP contribution < -0.4 is 9.47 Å². The summed E-state index contributed by atoms with van der Waals surface area (Å²) in [6.45, 7) is 2.01. The Morgan fingerprint density at radius 2 is 1.71 bits per heavy atom. The van der Waals surface area contributed by atoms with Crippen molar-refractivity contribution in [3.63, 3.8) is 0 Å². The number of para-hydroxylation sites is 1. The molecule has 0 aliphatic carbocycles. The Bertz CT molecular complexity index is 676. The Morgan fingerprint density at radius 3 is 2.38 bits per heavy atom. The smallest absolute Gasteiger partial charge is 0.260 e. The van der Waals surface area contributed by atoms with Gasteiger partial charge in [-0.25, -0.2) is 0 Å². The first-order valence-electron chi connectivity index (χ1n) is 6.87. The fraction of sp³-hybridized carbons (Fsp3) is 0.222. The molecule has 1 unspecified atom stereocenters. The van der Waals surface area contributed by atoms with Crippen LogP contribution in [0.1, 0.15) is 18.1 Å². The molecule has 0 fully saturated rings. The highest BCUT2D eigenvalue weighted by Gasteiger charge is 2.40. The number of hydrogen-bond donors (Lipinski definition) is 0. The molecule has 21 heavy (non-hydrogen) atoms. The molecule has 0 bridgehead atoms. The zero-order valence-corrected chi connectivity index (χ0v) is 12.4. The van der Waals surface area contributed by atoms with Crippen LogP contribution in [-0.2, 0) is 10.5 Å². The second-order valence-electron chi connectivity index (χ2n) is 4.99. The normalized spacial score (nSPS) is 20.2. The van der Waals surface area contributed by atoms with Crippen molar-refractivity contribution in [2.24, 2.45) is 0 Å². The number of fused-ring (bicyclic) bond motifs is 1. The molecule has 0 saturated carbocycles. The molecule has 1 atom stereocenters. The van der Waals surface area contributed by atoms with Crippen molar-refractivity contribution in [3.05, 3.63) is 65.2 Å². The predicted molar refractivity (Wildman–Crippen MR) is 82.4 cm³/mol. The second-order valence-corrected chi connectivity index (χ2v) is 4.99. The molecule has 0 amide bonds. The standard InChI is InChI=1S/C18H18O3/c1-13-12-14-8-7-11-16(19-2)17(14)21-18(13,20-3)15-9-5-4-6-10-15/h4-12H,1-3H3. The Morgan fingerprint density at radius 1 is 0.952 bits per heavy atom. The van der Waals surface area contributed by atoms with E-state index in [0.717, 1.165) is 16.7 Å². The lowest BCUT2D eigenvalue weighted by molar-refractivity contribution is -0.143. The lowest BCUT2D eigenvalue weighted by atomic mass is 9.93. The molecule has 0 radical (unpaired) electrons. The number of methoxy groups -OCH3 is 2. The van der Waals surface area contributed by atoms with Gasteiger partial charge in [0.1, 0.15) is 0 Å². The predicted octanol–water partition coefficient (Wildman–Crippen LogP) is 3.99. The van der Waals surface area contributed by atoms with Gasteiger partial charge >= 0.3 is 0 Å². The summed E-state index contributed by atoms with van der Waals surface area (Å²) in [6, 6.07) is 15.8. The number of ether oxygens (including phenoxy) is 3. The third kappa shape index (κ3) is 2.10. The van der Waals surface area contributed by atoms with Crippen LogP contribution in [0.4, 0.5) is 0 Å². The average Bonchev–Trinajstić information content (AvgIpc) is 2.54. The first-order chi connectivity index (χ1) is 10.2. The van der Waals surface area contributed by atoms with E-state index in [1.165, 1.54) is 0 Å². The van der Waals surface area contributed by atoms with Crippen LogP contribution in [0.3, 0.4) is 0 Å².